The highest BCUT2D eigenvalue weighted by atomic mass is 19.3. The highest BCUT2D eigenvalue weighted by molar-refractivity contribution is 5.81. The molecule has 0 unspecified atom stereocenters. The van der Waals surface area contributed by atoms with Gasteiger partial charge in [-0.2, -0.15) is 8.78 Å². The van der Waals surface area contributed by atoms with E-state index in [1.807, 2.05) is 0 Å². The van der Waals surface area contributed by atoms with E-state index in [1.54, 1.807) is 30.1 Å². The minimum atomic E-state index is -2.88. The number of alkyl halides is 2. The number of ether oxygens (including phenoxy) is 1. The SMILES string of the molecule is CN(C(=O)CNc1ccccc1OC(F)F)C1CC1. The predicted molar refractivity (Wildman–Crippen MR) is 67.4 cm³/mol. The minimum Gasteiger partial charge on any atom is -0.433 e. The molecule has 0 aliphatic heterocycles. The van der Waals surface area contributed by atoms with Gasteiger partial charge in [0.2, 0.25) is 5.91 Å². The summed E-state index contributed by atoms with van der Waals surface area (Å²) in [7, 11) is 1.75. The summed E-state index contributed by atoms with van der Waals surface area (Å²) >= 11 is 0. The van der Waals surface area contributed by atoms with Crippen molar-refractivity contribution in [1.29, 1.82) is 0 Å². The second-order valence-corrected chi connectivity index (χ2v) is 4.46. The Morgan fingerprint density at radius 3 is 2.79 bits per heavy atom. The van der Waals surface area contributed by atoms with Crippen molar-refractivity contribution < 1.29 is 18.3 Å². The van der Waals surface area contributed by atoms with Crippen LogP contribution in [0.3, 0.4) is 0 Å². The monoisotopic (exact) mass is 270 g/mol. The summed E-state index contributed by atoms with van der Waals surface area (Å²) in [5, 5.41) is 2.83. The molecule has 0 saturated heterocycles. The van der Waals surface area contributed by atoms with E-state index < -0.39 is 6.61 Å². The molecule has 1 aliphatic rings. The molecule has 1 amide bonds. The molecule has 0 atom stereocenters. The number of benzene rings is 1. The Labute approximate surface area is 110 Å². The van der Waals surface area contributed by atoms with Crippen LogP contribution in [0.5, 0.6) is 5.75 Å². The van der Waals surface area contributed by atoms with Crippen LogP contribution in [0.15, 0.2) is 24.3 Å². The average molecular weight is 270 g/mol. The minimum absolute atomic E-state index is 0.0411. The number of nitrogens with zero attached hydrogens (tertiary/aromatic N) is 1. The molecule has 1 aliphatic carbocycles. The van der Waals surface area contributed by atoms with E-state index in [-0.39, 0.29) is 18.2 Å². The number of likely N-dealkylation sites (N-methyl/N-ethyl adjacent to an activating group) is 1. The maximum absolute atomic E-state index is 12.2. The lowest BCUT2D eigenvalue weighted by atomic mass is 10.3. The maximum Gasteiger partial charge on any atom is 0.387 e. The van der Waals surface area contributed by atoms with Crippen molar-refractivity contribution in [3.63, 3.8) is 0 Å². The summed E-state index contributed by atoms with van der Waals surface area (Å²) in [6.07, 6.45) is 2.07. The lowest BCUT2D eigenvalue weighted by Crippen LogP contribution is -2.33. The smallest absolute Gasteiger partial charge is 0.387 e. The van der Waals surface area contributed by atoms with Crippen LogP contribution in [0.4, 0.5) is 14.5 Å². The first kappa shape index (κ1) is 13.6. The normalized spacial score (nSPS) is 14.3. The fraction of sp³-hybridized carbons (Fsp3) is 0.462. The Hall–Kier alpha value is -1.85. The third kappa shape index (κ3) is 3.81. The number of hydrogen-bond donors (Lipinski definition) is 1. The van der Waals surface area contributed by atoms with Gasteiger partial charge in [0, 0.05) is 13.1 Å². The fourth-order valence-corrected chi connectivity index (χ4v) is 1.77. The predicted octanol–water partition coefficient (Wildman–Crippen LogP) is 2.32. The van der Waals surface area contributed by atoms with Gasteiger partial charge in [0.25, 0.3) is 0 Å². The van der Waals surface area contributed by atoms with E-state index in [2.05, 4.69) is 10.1 Å². The van der Waals surface area contributed by atoms with Crippen LogP contribution in [0.1, 0.15) is 12.8 Å². The molecule has 0 heterocycles. The van der Waals surface area contributed by atoms with Gasteiger partial charge in [-0.1, -0.05) is 12.1 Å². The van der Waals surface area contributed by atoms with Gasteiger partial charge in [-0.3, -0.25) is 4.79 Å². The molecule has 1 fully saturated rings. The largest absolute Gasteiger partial charge is 0.433 e. The van der Waals surface area contributed by atoms with Crippen LogP contribution in [0.25, 0.3) is 0 Å². The third-order valence-electron chi connectivity index (χ3n) is 3.02. The summed E-state index contributed by atoms with van der Waals surface area (Å²) in [4.78, 5) is 13.5. The second-order valence-electron chi connectivity index (χ2n) is 4.46. The van der Waals surface area contributed by atoms with Gasteiger partial charge < -0.3 is 15.0 Å². The molecule has 19 heavy (non-hydrogen) atoms. The molecule has 0 spiro atoms. The number of hydrogen-bond acceptors (Lipinski definition) is 3. The number of para-hydroxylation sites is 2. The summed E-state index contributed by atoms with van der Waals surface area (Å²) < 4.78 is 28.8. The van der Waals surface area contributed by atoms with E-state index in [0.29, 0.717) is 11.7 Å². The fourth-order valence-electron chi connectivity index (χ4n) is 1.77. The van der Waals surface area contributed by atoms with E-state index in [4.69, 9.17) is 0 Å². The number of amides is 1. The van der Waals surface area contributed by atoms with Crippen molar-refractivity contribution in [3.05, 3.63) is 24.3 Å². The molecule has 0 radical (unpaired) electrons. The van der Waals surface area contributed by atoms with Crippen LogP contribution >= 0.6 is 0 Å². The zero-order valence-corrected chi connectivity index (χ0v) is 10.6. The molecule has 2 rings (SSSR count). The Balaban J connectivity index is 1.92. The Morgan fingerprint density at radius 1 is 1.47 bits per heavy atom. The third-order valence-corrected chi connectivity index (χ3v) is 3.02. The van der Waals surface area contributed by atoms with Crippen molar-refractivity contribution in [2.24, 2.45) is 0 Å². The van der Waals surface area contributed by atoms with Gasteiger partial charge in [0.05, 0.1) is 12.2 Å². The van der Waals surface area contributed by atoms with Crippen LogP contribution in [-0.2, 0) is 4.79 Å². The van der Waals surface area contributed by atoms with Gasteiger partial charge in [-0.15, -0.1) is 0 Å². The summed E-state index contributed by atoms with van der Waals surface area (Å²) in [6.45, 7) is -2.82. The molecule has 4 nitrogen and oxygen atoms in total. The molecule has 6 heteroatoms. The number of halogens is 2. The van der Waals surface area contributed by atoms with Crippen molar-refractivity contribution in [3.8, 4) is 5.75 Å². The zero-order chi connectivity index (χ0) is 13.8. The summed E-state index contributed by atoms with van der Waals surface area (Å²) in [6, 6.07) is 6.66. The van der Waals surface area contributed by atoms with E-state index in [0.717, 1.165) is 12.8 Å². The Kier molecular flexibility index (Phi) is 4.19. The average Bonchev–Trinajstić information content (AvgIpc) is 3.20. The highest BCUT2D eigenvalue weighted by Crippen LogP contribution is 2.27. The molecule has 1 aromatic carbocycles. The summed E-state index contributed by atoms with van der Waals surface area (Å²) in [5.41, 5.74) is 0.389. The number of carbonyl (C=O) groups is 1. The first-order valence-electron chi connectivity index (χ1n) is 6.11. The van der Waals surface area contributed by atoms with E-state index >= 15 is 0 Å². The number of nitrogens with one attached hydrogen (secondary N) is 1. The number of anilines is 1. The highest BCUT2D eigenvalue weighted by Gasteiger charge is 2.29. The topological polar surface area (TPSA) is 41.6 Å². The molecule has 0 bridgehead atoms. The first-order valence-corrected chi connectivity index (χ1v) is 6.11. The number of carbonyl (C=O) groups excluding carboxylic acids is 1. The molecular formula is C13H16F2N2O2. The number of rotatable bonds is 6. The Bertz CT molecular complexity index is 450. The second kappa shape index (κ2) is 5.86. The van der Waals surface area contributed by atoms with Crippen LogP contribution < -0.4 is 10.1 Å². The lowest BCUT2D eigenvalue weighted by Gasteiger charge is -2.18. The zero-order valence-electron chi connectivity index (χ0n) is 10.6. The van der Waals surface area contributed by atoms with Crippen molar-refractivity contribution >= 4 is 11.6 Å². The van der Waals surface area contributed by atoms with Gasteiger partial charge in [0.15, 0.2) is 0 Å². The van der Waals surface area contributed by atoms with E-state index in [9.17, 15) is 13.6 Å². The molecule has 1 saturated carbocycles. The van der Waals surface area contributed by atoms with Crippen molar-refractivity contribution in [2.75, 3.05) is 18.9 Å². The quantitative estimate of drug-likeness (QED) is 0.862. The first-order chi connectivity index (χ1) is 9.08. The van der Waals surface area contributed by atoms with Crippen LogP contribution in [-0.4, -0.2) is 37.1 Å². The van der Waals surface area contributed by atoms with Gasteiger partial charge in [0.1, 0.15) is 5.75 Å². The lowest BCUT2D eigenvalue weighted by molar-refractivity contribution is -0.128. The van der Waals surface area contributed by atoms with Crippen molar-refractivity contribution in [1.82, 2.24) is 4.90 Å². The van der Waals surface area contributed by atoms with Crippen molar-refractivity contribution in [2.45, 2.75) is 25.5 Å². The summed E-state index contributed by atoms with van der Waals surface area (Å²) in [5.74, 6) is -0.0197. The Morgan fingerprint density at radius 2 is 2.16 bits per heavy atom. The van der Waals surface area contributed by atoms with E-state index in [1.165, 1.54) is 6.07 Å². The molecular weight excluding hydrogens is 254 g/mol. The van der Waals surface area contributed by atoms with Crippen LogP contribution in [0, 0.1) is 0 Å². The standard InChI is InChI=1S/C13H16F2N2O2/c1-17(9-6-7-9)12(18)8-16-10-4-2-3-5-11(10)19-13(14)15/h2-5,9,13,16H,6-8H2,1H3. The van der Waals surface area contributed by atoms with Gasteiger partial charge in [-0.25, -0.2) is 0 Å². The molecule has 0 aromatic heterocycles. The molecule has 1 aromatic rings. The molecule has 1 N–H and O–H groups in total. The maximum atomic E-state index is 12.2. The van der Waals surface area contributed by atoms with Crippen LogP contribution in [0.2, 0.25) is 0 Å². The van der Waals surface area contributed by atoms with Gasteiger partial charge in [-0.05, 0) is 25.0 Å². The van der Waals surface area contributed by atoms with Gasteiger partial charge >= 0.3 is 6.61 Å². The molecule has 104 valence electrons.